The van der Waals surface area contributed by atoms with Crippen molar-refractivity contribution >= 4 is 28.3 Å². The third-order valence-electron chi connectivity index (χ3n) is 2.82. The van der Waals surface area contributed by atoms with Crippen molar-refractivity contribution in [3.05, 3.63) is 22.1 Å². The van der Waals surface area contributed by atoms with Crippen LogP contribution in [0.3, 0.4) is 0 Å². The molecule has 1 rings (SSSR count). The van der Waals surface area contributed by atoms with Crippen LogP contribution in [0.5, 0.6) is 5.75 Å². The number of aromatic hydroxyl groups is 1. The third-order valence-corrected chi connectivity index (χ3v) is 4.35. The van der Waals surface area contributed by atoms with Gasteiger partial charge in [0.05, 0.1) is 0 Å². The lowest BCUT2D eigenvalue weighted by atomic mass is 10.3. The van der Waals surface area contributed by atoms with Crippen LogP contribution in [0.1, 0.15) is 19.5 Å². The molecule has 0 atom stereocenters. The first-order chi connectivity index (χ1) is 8.42. The average molecular weight is 286 g/mol. The van der Waals surface area contributed by atoms with Gasteiger partial charge in [0.25, 0.3) is 5.56 Å². The van der Waals surface area contributed by atoms with Crippen molar-refractivity contribution in [2.24, 2.45) is 7.05 Å². The number of hydrogen-bond acceptors (Lipinski definition) is 4. The van der Waals surface area contributed by atoms with Gasteiger partial charge in [-0.15, -0.1) is 0 Å². The van der Waals surface area contributed by atoms with Crippen molar-refractivity contribution in [1.82, 2.24) is 9.47 Å². The Bertz CT molecular complexity index is 508. The van der Waals surface area contributed by atoms with Crippen molar-refractivity contribution in [3.63, 3.8) is 0 Å². The molecule has 0 aliphatic heterocycles. The molecule has 0 saturated heterocycles. The number of thiocarbonyl (C=S) groups is 1. The maximum Gasteiger partial charge on any atom is 0.268 e. The van der Waals surface area contributed by atoms with Gasteiger partial charge in [0, 0.05) is 31.9 Å². The number of aryl methyl sites for hydroxylation is 1. The second-order valence-corrected chi connectivity index (χ2v) is 5.55. The Balaban J connectivity index is 3.09. The molecule has 0 bridgehead atoms. The van der Waals surface area contributed by atoms with Gasteiger partial charge in [-0.1, -0.05) is 24.0 Å². The Labute approximate surface area is 117 Å². The van der Waals surface area contributed by atoms with Gasteiger partial charge in [0.1, 0.15) is 15.0 Å². The van der Waals surface area contributed by atoms with Crippen molar-refractivity contribution in [2.75, 3.05) is 13.1 Å². The number of pyridine rings is 1. The summed E-state index contributed by atoms with van der Waals surface area (Å²) < 4.78 is 2.11. The molecule has 0 amide bonds. The van der Waals surface area contributed by atoms with Crippen molar-refractivity contribution in [3.8, 4) is 5.75 Å². The Morgan fingerprint density at radius 1 is 1.50 bits per heavy atom. The highest BCUT2D eigenvalue weighted by Gasteiger charge is 2.15. The molecule has 0 fully saturated rings. The minimum Gasteiger partial charge on any atom is -0.506 e. The smallest absolute Gasteiger partial charge is 0.268 e. The van der Waals surface area contributed by atoms with Crippen LogP contribution in [0.15, 0.2) is 15.8 Å². The van der Waals surface area contributed by atoms with E-state index in [1.165, 1.54) is 4.57 Å². The SMILES string of the molecule is CCN(CC)C(=S)Sc1c(O)cc(C)n(C)c1=O. The summed E-state index contributed by atoms with van der Waals surface area (Å²) in [5.41, 5.74) is 0.502. The fourth-order valence-electron chi connectivity index (χ4n) is 1.51. The largest absolute Gasteiger partial charge is 0.506 e. The van der Waals surface area contributed by atoms with Crippen LogP contribution in [0, 0.1) is 6.92 Å². The van der Waals surface area contributed by atoms with E-state index in [-0.39, 0.29) is 11.3 Å². The Kier molecular flexibility index (Phi) is 5.22. The van der Waals surface area contributed by atoms with Crippen LogP contribution in [-0.4, -0.2) is 32.0 Å². The highest BCUT2D eigenvalue weighted by molar-refractivity contribution is 8.23. The van der Waals surface area contributed by atoms with Gasteiger partial charge in [0.15, 0.2) is 0 Å². The van der Waals surface area contributed by atoms with Gasteiger partial charge < -0.3 is 14.6 Å². The number of hydrogen-bond donors (Lipinski definition) is 1. The van der Waals surface area contributed by atoms with E-state index in [1.54, 1.807) is 20.0 Å². The maximum absolute atomic E-state index is 12.0. The van der Waals surface area contributed by atoms with Gasteiger partial charge in [-0.05, 0) is 20.8 Å². The van der Waals surface area contributed by atoms with Crippen LogP contribution < -0.4 is 5.56 Å². The van der Waals surface area contributed by atoms with E-state index < -0.39 is 0 Å². The number of rotatable bonds is 3. The Morgan fingerprint density at radius 2 is 2.06 bits per heavy atom. The summed E-state index contributed by atoms with van der Waals surface area (Å²) in [6, 6.07) is 1.58. The molecule has 6 heteroatoms. The summed E-state index contributed by atoms with van der Waals surface area (Å²) in [6.45, 7) is 7.36. The molecule has 0 spiro atoms. The normalized spacial score (nSPS) is 10.4. The number of aromatic nitrogens is 1. The monoisotopic (exact) mass is 286 g/mol. The second-order valence-electron chi connectivity index (χ2n) is 3.90. The van der Waals surface area contributed by atoms with E-state index >= 15 is 0 Å². The average Bonchev–Trinajstić information content (AvgIpc) is 2.33. The minimum absolute atomic E-state index is 0.00453. The van der Waals surface area contributed by atoms with Gasteiger partial charge in [-0.25, -0.2) is 0 Å². The highest BCUT2D eigenvalue weighted by Crippen LogP contribution is 2.27. The molecule has 100 valence electrons. The van der Waals surface area contributed by atoms with Crippen LogP contribution in [0.25, 0.3) is 0 Å². The summed E-state index contributed by atoms with van der Waals surface area (Å²) in [5, 5.41) is 9.86. The highest BCUT2D eigenvalue weighted by atomic mass is 32.2. The Hall–Kier alpha value is -1.01. The van der Waals surface area contributed by atoms with E-state index in [2.05, 4.69) is 0 Å². The summed E-state index contributed by atoms with van der Waals surface area (Å²) in [5.74, 6) is -0.00453. The zero-order valence-electron chi connectivity index (χ0n) is 11.1. The van der Waals surface area contributed by atoms with Crippen LogP contribution >= 0.6 is 24.0 Å². The first kappa shape index (κ1) is 15.0. The molecule has 1 N–H and O–H groups in total. The number of nitrogens with zero attached hydrogens (tertiary/aromatic N) is 2. The van der Waals surface area contributed by atoms with Crippen molar-refractivity contribution < 1.29 is 5.11 Å². The van der Waals surface area contributed by atoms with E-state index in [0.29, 0.717) is 9.22 Å². The summed E-state index contributed by atoms with van der Waals surface area (Å²) >= 11 is 6.43. The molecule has 0 unspecified atom stereocenters. The third kappa shape index (κ3) is 3.05. The predicted molar refractivity (Wildman–Crippen MR) is 79.5 cm³/mol. The quantitative estimate of drug-likeness (QED) is 0.681. The summed E-state index contributed by atoms with van der Waals surface area (Å²) in [7, 11) is 1.68. The van der Waals surface area contributed by atoms with Gasteiger partial charge in [-0.3, -0.25) is 4.79 Å². The first-order valence-electron chi connectivity index (χ1n) is 5.78. The summed E-state index contributed by atoms with van der Waals surface area (Å²) in [4.78, 5) is 14.3. The lowest BCUT2D eigenvalue weighted by Crippen LogP contribution is -2.28. The van der Waals surface area contributed by atoms with Gasteiger partial charge in [0.2, 0.25) is 0 Å². The molecule has 0 aromatic carbocycles. The fraction of sp³-hybridized carbons (Fsp3) is 0.500. The standard InChI is InChI=1S/C12H18N2O2S2/c1-5-14(6-2)12(17)18-10-9(15)7-8(3)13(4)11(10)16/h7,15H,5-6H2,1-4H3. The molecule has 0 saturated carbocycles. The van der Waals surface area contributed by atoms with Crippen molar-refractivity contribution in [1.29, 1.82) is 0 Å². The molecule has 0 radical (unpaired) electrons. The zero-order chi connectivity index (χ0) is 13.9. The van der Waals surface area contributed by atoms with Gasteiger partial charge in [-0.2, -0.15) is 0 Å². The van der Waals surface area contributed by atoms with Crippen LogP contribution in [0.2, 0.25) is 0 Å². The first-order valence-corrected chi connectivity index (χ1v) is 7.01. The molecule has 0 aliphatic carbocycles. The molecular weight excluding hydrogens is 268 g/mol. The maximum atomic E-state index is 12.0. The van der Waals surface area contributed by atoms with Crippen molar-refractivity contribution in [2.45, 2.75) is 25.7 Å². The molecular formula is C12H18N2O2S2. The molecule has 4 nitrogen and oxygen atoms in total. The zero-order valence-corrected chi connectivity index (χ0v) is 12.7. The lowest BCUT2D eigenvalue weighted by molar-refractivity contribution is 0.455. The van der Waals surface area contributed by atoms with Gasteiger partial charge >= 0.3 is 0 Å². The topological polar surface area (TPSA) is 45.5 Å². The molecule has 1 heterocycles. The number of thioether (sulfide) groups is 1. The fourth-order valence-corrected chi connectivity index (χ4v) is 2.97. The van der Waals surface area contributed by atoms with Crippen LogP contribution in [0.4, 0.5) is 0 Å². The molecule has 1 aromatic heterocycles. The minimum atomic E-state index is -0.216. The summed E-state index contributed by atoms with van der Waals surface area (Å²) in [6.07, 6.45) is 0. The lowest BCUT2D eigenvalue weighted by Gasteiger charge is -2.21. The van der Waals surface area contributed by atoms with E-state index in [1.807, 2.05) is 18.7 Å². The van der Waals surface area contributed by atoms with E-state index in [9.17, 15) is 9.90 Å². The predicted octanol–water partition coefficient (Wildman–Crippen LogP) is 2.12. The molecule has 18 heavy (non-hydrogen) atoms. The molecule has 0 aliphatic rings. The van der Waals surface area contributed by atoms with Crippen LogP contribution in [-0.2, 0) is 7.05 Å². The van der Waals surface area contributed by atoms with E-state index in [4.69, 9.17) is 12.2 Å². The molecule has 1 aromatic rings. The van der Waals surface area contributed by atoms with E-state index in [0.717, 1.165) is 30.5 Å². The Morgan fingerprint density at radius 3 is 2.56 bits per heavy atom. The second kappa shape index (κ2) is 6.24.